The first-order valence-electron chi connectivity index (χ1n) is 6.96. The second-order valence-corrected chi connectivity index (χ2v) is 5.32. The quantitative estimate of drug-likeness (QED) is 0.558. The number of hydrogen-bond donors (Lipinski definition) is 0. The third-order valence-electron chi connectivity index (χ3n) is 3.52. The Hall–Kier alpha value is -2.34. The Morgan fingerprint density at radius 2 is 1.00 bits per heavy atom. The van der Waals surface area contributed by atoms with Crippen molar-refractivity contribution in [1.82, 2.24) is 0 Å². The van der Waals surface area contributed by atoms with Gasteiger partial charge in [0.05, 0.1) is 0 Å². The first kappa shape index (κ1) is 12.7. The van der Waals surface area contributed by atoms with Gasteiger partial charge in [-0.3, -0.25) is 0 Å². The van der Waals surface area contributed by atoms with E-state index < -0.39 is 0 Å². The fraction of sp³-hybridized carbons (Fsp3) is 0.100. The molecule has 3 aromatic rings. The van der Waals surface area contributed by atoms with E-state index in [1.807, 2.05) is 0 Å². The van der Waals surface area contributed by atoms with Crippen LogP contribution in [0.1, 0.15) is 11.1 Å². The summed E-state index contributed by atoms with van der Waals surface area (Å²) < 4.78 is 0. The van der Waals surface area contributed by atoms with Crippen molar-refractivity contribution in [2.24, 2.45) is 0 Å². The third-order valence-corrected chi connectivity index (χ3v) is 3.52. The summed E-state index contributed by atoms with van der Waals surface area (Å²) in [5, 5.41) is 0. The number of benzene rings is 3. The maximum absolute atomic E-state index is 2.27. The molecule has 0 aliphatic rings. The molecule has 0 N–H and O–H groups in total. The lowest BCUT2D eigenvalue weighted by Crippen LogP contribution is -1.84. The zero-order chi connectivity index (χ0) is 13.9. The van der Waals surface area contributed by atoms with Crippen LogP contribution in [-0.2, 0) is 0 Å². The van der Waals surface area contributed by atoms with Gasteiger partial charge in [-0.2, -0.15) is 0 Å². The lowest BCUT2D eigenvalue weighted by Gasteiger charge is -2.08. The first-order chi connectivity index (χ1) is 9.72. The van der Waals surface area contributed by atoms with Crippen molar-refractivity contribution in [3.63, 3.8) is 0 Å². The van der Waals surface area contributed by atoms with Gasteiger partial charge in [0.25, 0.3) is 0 Å². The summed E-state index contributed by atoms with van der Waals surface area (Å²) in [4.78, 5) is 0. The normalized spacial score (nSPS) is 10.5. The van der Waals surface area contributed by atoms with E-state index in [9.17, 15) is 0 Å². The van der Waals surface area contributed by atoms with Crippen LogP contribution in [0, 0.1) is 13.8 Å². The van der Waals surface area contributed by atoms with Gasteiger partial charge in [-0.15, -0.1) is 0 Å². The van der Waals surface area contributed by atoms with E-state index >= 15 is 0 Å². The molecular weight excluding hydrogens is 240 g/mol. The molecule has 0 bridgehead atoms. The van der Waals surface area contributed by atoms with Crippen molar-refractivity contribution in [3.05, 3.63) is 83.9 Å². The van der Waals surface area contributed by atoms with E-state index in [2.05, 4.69) is 86.6 Å². The van der Waals surface area contributed by atoms with Crippen molar-refractivity contribution < 1.29 is 0 Å². The summed E-state index contributed by atoms with van der Waals surface area (Å²) in [5.74, 6) is 0. The number of rotatable bonds is 2. The highest BCUT2D eigenvalue weighted by Gasteiger charge is 2.02. The largest absolute Gasteiger partial charge is 0.0622 e. The Kier molecular flexibility index (Phi) is 3.39. The van der Waals surface area contributed by atoms with Crippen molar-refractivity contribution in [2.45, 2.75) is 13.8 Å². The molecule has 0 aliphatic heterocycles. The highest BCUT2D eigenvalue weighted by molar-refractivity contribution is 5.73. The van der Waals surface area contributed by atoms with Crippen LogP contribution in [0.2, 0.25) is 0 Å². The van der Waals surface area contributed by atoms with Gasteiger partial charge >= 0.3 is 0 Å². The lowest BCUT2D eigenvalue weighted by molar-refractivity contribution is 1.38. The van der Waals surface area contributed by atoms with Crippen molar-refractivity contribution in [2.75, 3.05) is 0 Å². The topological polar surface area (TPSA) is 0 Å². The minimum absolute atomic E-state index is 1.26. The number of hydrogen-bond acceptors (Lipinski definition) is 0. The second-order valence-electron chi connectivity index (χ2n) is 5.32. The molecule has 0 nitrogen and oxygen atoms in total. The van der Waals surface area contributed by atoms with Crippen LogP contribution < -0.4 is 0 Å². The summed E-state index contributed by atoms with van der Waals surface area (Å²) in [7, 11) is 0. The fourth-order valence-corrected chi connectivity index (χ4v) is 2.65. The predicted octanol–water partition coefficient (Wildman–Crippen LogP) is 5.64. The molecule has 0 aromatic heterocycles. The molecule has 0 radical (unpaired) electrons. The van der Waals surface area contributed by atoms with Gasteiger partial charge < -0.3 is 0 Å². The Morgan fingerprint density at radius 3 is 1.65 bits per heavy atom. The van der Waals surface area contributed by atoms with Crippen LogP contribution in [0.5, 0.6) is 0 Å². The average molecular weight is 258 g/mol. The third kappa shape index (κ3) is 2.65. The summed E-state index contributed by atoms with van der Waals surface area (Å²) >= 11 is 0. The predicted molar refractivity (Wildman–Crippen MR) is 86.8 cm³/mol. The summed E-state index contributed by atoms with van der Waals surface area (Å²) in [6.07, 6.45) is 0. The van der Waals surface area contributed by atoms with Gasteiger partial charge in [0.15, 0.2) is 0 Å². The molecule has 3 aromatic carbocycles. The van der Waals surface area contributed by atoms with Gasteiger partial charge in [-0.1, -0.05) is 77.9 Å². The van der Waals surface area contributed by atoms with Gasteiger partial charge in [0, 0.05) is 0 Å². The van der Waals surface area contributed by atoms with Crippen LogP contribution in [0.3, 0.4) is 0 Å². The monoisotopic (exact) mass is 258 g/mol. The maximum atomic E-state index is 2.27. The molecule has 0 unspecified atom stereocenters. The van der Waals surface area contributed by atoms with E-state index in [1.165, 1.54) is 33.4 Å². The van der Waals surface area contributed by atoms with Crippen LogP contribution >= 0.6 is 0 Å². The maximum Gasteiger partial charge on any atom is -0.0178 e. The Balaban J connectivity index is 2.07. The smallest absolute Gasteiger partial charge is 0.0178 e. The van der Waals surface area contributed by atoms with Crippen LogP contribution in [0.25, 0.3) is 22.3 Å². The average Bonchev–Trinajstić information content (AvgIpc) is 2.47. The molecule has 0 aliphatic carbocycles. The summed E-state index contributed by atoms with van der Waals surface area (Å²) in [6, 6.07) is 26.0. The Labute approximate surface area is 120 Å². The molecule has 20 heavy (non-hydrogen) atoms. The fourth-order valence-electron chi connectivity index (χ4n) is 2.65. The zero-order valence-corrected chi connectivity index (χ0v) is 11.9. The molecule has 0 heterocycles. The molecule has 0 atom stereocenters. The van der Waals surface area contributed by atoms with E-state index in [-0.39, 0.29) is 0 Å². The number of aryl methyl sites for hydroxylation is 2. The van der Waals surface area contributed by atoms with Crippen LogP contribution in [-0.4, -0.2) is 0 Å². The van der Waals surface area contributed by atoms with E-state index in [4.69, 9.17) is 0 Å². The van der Waals surface area contributed by atoms with E-state index in [0.29, 0.717) is 0 Å². The minimum atomic E-state index is 1.26. The van der Waals surface area contributed by atoms with Gasteiger partial charge in [-0.25, -0.2) is 0 Å². The Morgan fingerprint density at radius 1 is 0.450 bits per heavy atom. The Bertz CT molecular complexity index is 704. The van der Waals surface area contributed by atoms with Gasteiger partial charge in [0.2, 0.25) is 0 Å². The molecule has 0 saturated heterocycles. The van der Waals surface area contributed by atoms with Crippen molar-refractivity contribution in [3.8, 4) is 22.3 Å². The van der Waals surface area contributed by atoms with Crippen LogP contribution in [0.15, 0.2) is 72.8 Å². The molecule has 0 saturated carbocycles. The summed E-state index contributed by atoms with van der Waals surface area (Å²) in [6.45, 7) is 4.30. The molecule has 98 valence electrons. The molecular formula is C20H18. The summed E-state index contributed by atoms with van der Waals surface area (Å²) in [5.41, 5.74) is 7.72. The van der Waals surface area contributed by atoms with Crippen LogP contribution in [0.4, 0.5) is 0 Å². The molecule has 0 heteroatoms. The van der Waals surface area contributed by atoms with Gasteiger partial charge in [0.1, 0.15) is 0 Å². The molecule has 0 amide bonds. The zero-order valence-electron chi connectivity index (χ0n) is 11.9. The lowest BCUT2D eigenvalue weighted by atomic mass is 9.97. The highest BCUT2D eigenvalue weighted by atomic mass is 14.1. The van der Waals surface area contributed by atoms with Gasteiger partial charge in [-0.05, 0) is 42.2 Å². The van der Waals surface area contributed by atoms with E-state index in [0.717, 1.165) is 0 Å². The first-order valence-corrected chi connectivity index (χ1v) is 6.96. The molecule has 0 fully saturated rings. The second kappa shape index (κ2) is 5.34. The van der Waals surface area contributed by atoms with Crippen molar-refractivity contribution in [1.29, 1.82) is 0 Å². The van der Waals surface area contributed by atoms with Crippen molar-refractivity contribution >= 4 is 0 Å². The SMILES string of the molecule is Cc1cc(C)cc(-c2cccc(-c3ccccc3)c2)c1. The molecule has 3 rings (SSSR count). The highest BCUT2D eigenvalue weighted by Crippen LogP contribution is 2.27. The van der Waals surface area contributed by atoms with E-state index in [1.54, 1.807) is 0 Å². The molecule has 0 spiro atoms. The minimum Gasteiger partial charge on any atom is -0.0622 e. The standard InChI is InChI=1S/C20H18/c1-15-11-16(2)13-20(12-15)19-10-6-9-18(14-19)17-7-4-3-5-8-17/h3-14H,1-2H3.